The summed E-state index contributed by atoms with van der Waals surface area (Å²) in [6.07, 6.45) is 6.83. The Bertz CT molecular complexity index is 604. The van der Waals surface area contributed by atoms with Crippen molar-refractivity contribution in [3.05, 3.63) is 10.7 Å². The van der Waals surface area contributed by atoms with Crippen molar-refractivity contribution in [1.82, 2.24) is 14.9 Å². The number of hydrogen-bond donors (Lipinski definition) is 0. The van der Waals surface area contributed by atoms with Crippen LogP contribution >= 0.6 is 27.7 Å². The summed E-state index contributed by atoms with van der Waals surface area (Å²) < 4.78 is 6.28. The minimum absolute atomic E-state index is 0.0621. The van der Waals surface area contributed by atoms with Gasteiger partial charge in [0.15, 0.2) is 5.16 Å². The van der Waals surface area contributed by atoms with Crippen LogP contribution in [0.5, 0.6) is 0 Å². The first-order valence-electron chi connectivity index (χ1n) is 8.72. The third-order valence-corrected chi connectivity index (χ3v) is 6.11. The predicted octanol–water partition coefficient (Wildman–Crippen LogP) is 2.67. The largest absolute Gasteiger partial charge is 0.381 e. The summed E-state index contributed by atoms with van der Waals surface area (Å²) in [5, 5.41) is 0.796. The number of ether oxygens (including phenoxy) is 1. The van der Waals surface area contributed by atoms with E-state index in [4.69, 9.17) is 4.74 Å². The van der Waals surface area contributed by atoms with Crippen LogP contribution in [0.25, 0.3) is 0 Å². The number of anilines is 1. The van der Waals surface area contributed by atoms with E-state index in [1.807, 2.05) is 24.4 Å². The van der Waals surface area contributed by atoms with E-state index in [0.717, 1.165) is 54.3 Å². The molecule has 0 aromatic carbocycles. The average molecular weight is 429 g/mol. The number of thioether (sulfide) groups is 1. The summed E-state index contributed by atoms with van der Waals surface area (Å²) in [4.78, 5) is 25.6. The maximum absolute atomic E-state index is 12.4. The second kappa shape index (κ2) is 8.68. The zero-order valence-corrected chi connectivity index (χ0v) is 17.2. The summed E-state index contributed by atoms with van der Waals surface area (Å²) in [6, 6.07) is 0. The lowest BCUT2D eigenvalue weighted by atomic mass is 9.95. The molecule has 2 saturated heterocycles. The Kier molecular flexibility index (Phi) is 6.57. The van der Waals surface area contributed by atoms with Gasteiger partial charge in [-0.15, -0.1) is 0 Å². The van der Waals surface area contributed by atoms with E-state index in [9.17, 15) is 4.79 Å². The van der Waals surface area contributed by atoms with E-state index < -0.39 is 0 Å². The Morgan fingerprint density at radius 3 is 2.84 bits per heavy atom. The Morgan fingerprint density at radius 1 is 1.44 bits per heavy atom. The minimum atomic E-state index is 0.0621. The monoisotopic (exact) mass is 428 g/mol. The molecule has 3 heterocycles. The van der Waals surface area contributed by atoms with Gasteiger partial charge in [-0.25, -0.2) is 9.97 Å². The molecule has 25 heavy (non-hydrogen) atoms. The summed E-state index contributed by atoms with van der Waals surface area (Å²) in [5.41, 5.74) is 0. The molecule has 0 bridgehead atoms. The van der Waals surface area contributed by atoms with Crippen molar-refractivity contribution in [3.8, 4) is 0 Å². The fourth-order valence-corrected chi connectivity index (χ4v) is 4.29. The zero-order chi connectivity index (χ0) is 17.8. The number of rotatable bonds is 5. The summed E-state index contributed by atoms with van der Waals surface area (Å²) in [6.45, 7) is 4.06. The molecular formula is C17H25BrN4O2S. The molecule has 0 spiro atoms. The third-order valence-electron chi connectivity index (χ3n) is 4.99. The number of aromatic nitrogens is 2. The molecule has 1 unspecified atom stereocenters. The van der Waals surface area contributed by atoms with Crippen LogP contribution in [-0.2, 0) is 9.53 Å². The molecule has 1 aromatic rings. The highest BCUT2D eigenvalue weighted by molar-refractivity contribution is 9.10. The first kappa shape index (κ1) is 18.9. The molecule has 0 aliphatic carbocycles. The molecule has 6 nitrogen and oxygen atoms in total. The van der Waals surface area contributed by atoms with Gasteiger partial charge in [-0.2, -0.15) is 0 Å². The summed E-state index contributed by atoms with van der Waals surface area (Å²) in [7, 11) is 1.93. The van der Waals surface area contributed by atoms with Crippen molar-refractivity contribution in [2.24, 2.45) is 11.8 Å². The number of halogens is 1. The van der Waals surface area contributed by atoms with Gasteiger partial charge in [0.05, 0.1) is 17.0 Å². The van der Waals surface area contributed by atoms with Crippen molar-refractivity contribution >= 4 is 39.4 Å². The van der Waals surface area contributed by atoms with E-state index in [0.29, 0.717) is 19.1 Å². The molecule has 1 amide bonds. The lowest BCUT2D eigenvalue weighted by Crippen LogP contribution is -2.41. The molecule has 2 fully saturated rings. The number of hydrogen-bond acceptors (Lipinski definition) is 6. The standard InChI is InChI=1S/C17H25BrN4O2S/c1-21(16(23)13-5-8-24-11-13)10-12-3-6-22(7-4-12)15-14(18)9-19-17(20-15)25-2/h9,12-13H,3-8,10-11H2,1-2H3. The quantitative estimate of drug-likeness (QED) is 0.530. The van der Waals surface area contributed by atoms with Crippen molar-refractivity contribution in [1.29, 1.82) is 0 Å². The Balaban J connectivity index is 1.52. The number of carbonyl (C=O) groups is 1. The van der Waals surface area contributed by atoms with Gasteiger partial charge in [0.1, 0.15) is 5.82 Å². The van der Waals surface area contributed by atoms with E-state index in [-0.39, 0.29) is 11.8 Å². The van der Waals surface area contributed by atoms with E-state index in [1.165, 1.54) is 0 Å². The van der Waals surface area contributed by atoms with Gasteiger partial charge >= 0.3 is 0 Å². The van der Waals surface area contributed by atoms with Crippen LogP contribution < -0.4 is 4.90 Å². The van der Waals surface area contributed by atoms with Gasteiger partial charge < -0.3 is 14.5 Å². The molecule has 1 aromatic heterocycles. The molecule has 3 rings (SSSR count). The fraction of sp³-hybridized carbons (Fsp3) is 0.706. The maximum Gasteiger partial charge on any atom is 0.227 e. The van der Waals surface area contributed by atoms with Crippen molar-refractivity contribution in [3.63, 3.8) is 0 Å². The first-order chi connectivity index (χ1) is 12.1. The summed E-state index contributed by atoms with van der Waals surface area (Å²) >= 11 is 5.12. The number of amides is 1. The molecule has 0 N–H and O–H groups in total. The highest BCUT2D eigenvalue weighted by Gasteiger charge is 2.29. The topological polar surface area (TPSA) is 58.6 Å². The van der Waals surface area contributed by atoms with Crippen LogP contribution in [0.2, 0.25) is 0 Å². The Hall–Kier alpha value is -0.860. The second-order valence-corrected chi connectivity index (χ2v) is 8.37. The summed E-state index contributed by atoms with van der Waals surface area (Å²) in [5.74, 6) is 1.83. The maximum atomic E-state index is 12.4. The second-order valence-electron chi connectivity index (χ2n) is 6.74. The van der Waals surface area contributed by atoms with Crippen LogP contribution in [0, 0.1) is 11.8 Å². The van der Waals surface area contributed by atoms with Gasteiger partial charge in [0.2, 0.25) is 5.91 Å². The van der Waals surface area contributed by atoms with Gasteiger partial charge in [-0.05, 0) is 47.4 Å². The Morgan fingerprint density at radius 2 is 2.20 bits per heavy atom. The predicted molar refractivity (Wildman–Crippen MR) is 103 cm³/mol. The van der Waals surface area contributed by atoms with Crippen LogP contribution in [0.15, 0.2) is 15.8 Å². The molecule has 0 radical (unpaired) electrons. The molecule has 2 aliphatic heterocycles. The van der Waals surface area contributed by atoms with E-state index >= 15 is 0 Å². The molecule has 1 atom stereocenters. The minimum Gasteiger partial charge on any atom is -0.381 e. The molecule has 0 saturated carbocycles. The van der Waals surface area contributed by atoms with Crippen LogP contribution in [-0.4, -0.2) is 66.9 Å². The van der Waals surface area contributed by atoms with E-state index in [1.54, 1.807) is 11.8 Å². The smallest absolute Gasteiger partial charge is 0.227 e. The molecule has 8 heteroatoms. The van der Waals surface area contributed by atoms with Gasteiger partial charge in [-0.3, -0.25) is 4.79 Å². The Labute approximate surface area is 161 Å². The van der Waals surface area contributed by atoms with Gasteiger partial charge in [0, 0.05) is 39.5 Å². The number of carbonyl (C=O) groups excluding carboxylic acids is 1. The number of nitrogens with zero attached hydrogens (tertiary/aromatic N) is 4. The third kappa shape index (κ3) is 4.65. The SMILES string of the molecule is CSc1ncc(Br)c(N2CCC(CN(C)C(=O)C3CCOC3)CC2)n1. The fourth-order valence-electron chi connectivity index (χ4n) is 3.51. The van der Waals surface area contributed by atoms with Crippen molar-refractivity contribution in [2.45, 2.75) is 24.4 Å². The van der Waals surface area contributed by atoms with Crippen molar-refractivity contribution in [2.75, 3.05) is 51.1 Å². The van der Waals surface area contributed by atoms with Gasteiger partial charge in [-0.1, -0.05) is 11.8 Å². The van der Waals surface area contributed by atoms with E-state index in [2.05, 4.69) is 30.8 Å². The highest BCUT2D eigenvalue weighted by atomic mass is 79.9. The normalized spacial score (nSPS) is 21.6. The highest BCUT2D eigenvalue weighted by Crippen LogP contribution is 2.29. The van der Waals surface area contributed by atoms with Crippen LogP contribution in [0.3, 0.4) is 0 Å². The van der Waals surface area contributed by atoms with Gasteiger partial charge in [0.25, 0.3) is 0 Å². The molecule has 2 aliphatic rings. The lowest BCUT2D eigenvalue weighted by molar-refractivity contribution is -0.134. The average Bonchev–Trinajstić information content (AvgIpc) is 3.17. The zero-order valence-electron chi connectivity index (χ0n) is 14.8. The molecular weight excluding hydrogens is 404 g/mol. The lowest BCUT2D eigenvalue weighted by Gasteiger charge is -2.35. The van der Waals surface area contributed by atoms with Crippen LogP contribution in [0.4, 0.5) is 5.82 Å². The molecule has 138 valence electrons. The first-order valence-corrected chi connectivity index (χ1v) is 10.7. The van der Waals surface area contributed by atoms with Crippen molar-refractivity contribution < 1.29 is 9.53 Å². The van der Waals surface area contributed by atoms with Crippen LogP contribution in [0.1, 0.15) is 19.3 Å². The number of piperidine rings is 1.